The van der Waals surface area contributed by atoms with Gasteiger partial charge in [-0.25, -0.2) is 9.37 Å². The van der Waals surface area contributed by atoms with E-state index in [-0.39, 0.29) is 18.5 Å². The Kier molecular flexibility index (Phi) is 4.28. The molecule has 0 radical (unpaired) electrons. The number of imide groups is 1. The van der Waals surface area contributed by atoms with E-state index in [0.717, 1.165) is 11.4 Å². The van der Waals surface area contributed by atoms with Crippen LogP contribution >= 0.6 is 0 Å². The molecule has 132 valence electrons. The first-order valence-electron chi connectivity index (χ1n) is 8.36. The van der Waals surface area contributed by atoms with Crippen LogP contribution in [-0.2, 0) is 4.79 Å². The van der Waals surface area contributed by atoms with Gasteiger partial charge in [0.2, 0.25) is 11.9 Å². The van der Waals surface area contributed by atoms with Crippen molar-refractivity contribution in [3.05, 3.63) is 29.6 Å². The van der Waals surface area contributed by atoms with Crippen LogP contribution in [0.5, 0.6) is 0 Å². The number of nitrogens with zero attached hydrogens (tertiary/aromatic N) is 6. The number of fused-ring (bicyclic) bond motifs is 1. The zero-order chi connectivity index (χ0) is 18.3. The molecule has 1 fully saturated rings. The number of aryl methyl sites for hydroxylation is 2. The van der Waals surface area contributed by atoms with Crippen molar-refractivity contribution < 1.29 is 14.2 Å². The zero-order valence-electron chi connectivity index (χ0n) is 15.2. The number of carbonyl (C=O) groups excluding carboxylic acids is 2. The summed E-state index contributed by atoms with van der Waals surface area (Å²) in [5, 5.41) is 4.48. The van der Waals surface area contributed by atoms with Crippen LogP contribution in [-0.4, -0.2) is 74.1 Å². The van der Waals surface area contributed by atoms with Gasteiger partial charge in [0.05, 0.1) is 12.2 Å². The van der Waals surface area contributed by atoms with Gasteiger partial charge >= 0.3 is 12.0 Å². The van der Waals surface area contributed by atoms with Crippen LogP contribution in [0.25, 0.3) is 0 Å². The lowest BCUT2D eigenvalue weighted by atomic mass is 10.1. The third-order valence-electron chi connectivity index (χ3n) is 4.45. The molecule has 0 bridgehead atoms. The summed E-state index contributed by atoms with van der Waals surface area (Å²) >= 11 is 0. The average molecular weight is 343 g/mol. The number of hydrogen-bond acceptors (Lipinski definition) is 4. The number of aromatic nitrogens is 2. The van der Waals surface area contributed by atoms with E-state index in [1.807, 2.05) is 44.4 Å². The van der Waals surface area contributed by atoms with Gasteiger partial charge in [0.1, 0.15) is 5.69 Å². The summed E-state index contributed by atoms with van der Waals surface area (Å²) in [7, 11) is 1.65. The fourth-order valence-electron chi connectivity index (χ4n) is 3.21. The number of likely N-dealkylation sites (N-methyl/N-ethyl adjacent to an activating group) is 2. The van der Waals surface area contributed by atoms with E-state index >= 15 is 0 Å². The Bertz CT molecular complexity index is 832. The normalized spacial score (nSPS) is 20.8. The Labute approximate surface area is 146 Å². The predicted molar refractivity (Wildman–Crippen MR) is 93.8 cm³/mol. The van der Waals surface area contributed by atoms with Crippen LogP contribution in [0.1, 0.15) is 25.2 Å². The second-order valence-electron chi connectivity index (χ2n) is 6.16. The minimum absolute atomic E-state index is 0.252. The van der Waals surface area contributed by atoms with Crippen LogP contribution in [0.2, 0.25) is 0 Å². The van der Waals surface area contributed by atoms with Gasteiger partial charge in [0, 0.05) is 13.6 Å². The van der Waals surface area contributed by atoms with Crippen molar-refractivity contribution in [3.8, 4) is 0 Å². The van der Waals surface area contributed by atoms with Gasteiger partial charge in [-0.15, -0.1) is 9.78 Å². The molecule has 8 heteroatoms. The molecule has 1 aromatic heterocycles. The first kappa shape index (κ1) is 17.1. The molecule has 1 saturated heterocycles. The van der Waals surface area contributed by atoms with Crippen LogP contribution in [0.4, 0.5) is 4.79 Å². The summed E-state index contributed by atoms with van der Waals surface area (Å²) in [6.45, 7) is 8.51. The summed E-state index contributed by atoms with van der Waals surface area (Å²) in [5.41, 5.74) is 1.81. The van der Waals surface area contributed by atoms with Gasteiger partial charge in [-0.05, 0) is 33.8 Å². The number of aliphatic imine (C=N–C) groups is 1. The SMILES string of the molecule is C/C=C/CN1C(=O)C2C(=NC(n3nc(C)cc3C)=[N+]2CC)N(C)C1=O. The molecule has 8 nitrogen and oxygen atoms in total. The van der Waals surface area contributed by atoms with Crippen molar-refractivity contribution in [2.45, 2.75) is 33.7 Å². The molecule has 2 aliphatic heterocycles. The van der Waals surface area contributed by atoms with Gasteiger partial charge < -0.3 is 0 Å². The summed E-state index contributed by atoms with van der Waals surface area (Å²) in [4.78, 5) is 32.9. The topological polar surface area (TPSA) is 73.8 Å². The number of allylic oxidation sites excluding steroid dienone is 1. The molecule has 1 atom stereocenters. The van der Waals surface area contributed by atoms with Crippen molar-refractivity contribution in [2.75, 3.05) is 20.1 Å². The van der Waals surface area contributed by atoms with Crippen LogP contribution in [0.3, 0.4) is 0 Å². The number of amidine groups is 1. The Morgan fingerprint density at radius 3 is 2.60 bits per heavy atom. The van der Waals surface area contributed by atoms with E-state index in [0.29, 0.717) is 18.3 Å². The van der Waals surface area contributed by atoms with Gasteiger partial charge in [-0.3, -0.25) is 14.6 Å². The van der Waals surface area contributed by atoms with Crippen molar-refractivity contribution in [1.82, 2.24) is 19.6 Å². The van der Waals surface area contributed by atoms with E-state index < -0.39 is 6.04 Å². The third-order valence-corrected chi connectivity index (χ3v) is 4.45. The van der Waals surface area contributed by atoms with Gasteiger partial charge in [0.15, 0.2) is 0 Å². The monoisotopic (exact) mass is 343 g/mol. The molecule has 2 aliphatic rings. The molecule has 3 heterocycles. The van der Waals surface area contributed by atoms with Crippen molar-refractivity contribution in [3.63, 3.8) is 0 Å². The third kappa shape index (κ3) is 2.57. The Morgan fingerprint density at radius 1 is 1.32 bits per heavy atom. The first-order valence-corrected chi connectivity index (χ1v) is 8.36. The highest BCUT2D eigenvalue weighted by atomic mass is 16.2. The first-order chi connectivity index (χ1) is 11.9. The predicted octanol–water partition coefficient (Wildman–Crippen LogP) is 0.987. The quantitative estimate of drug-likeness (QED) is 0.607. The maximum Gasteiger partial charge on any atom is 0.421 e. The fourth-order valence-corrected chi connectivity index (χ4v) is 3.21. The van der Waals surface area contributed by atoms with E-state index in [9.17, 15) is 9.59 Å². The zero-order valence-corrected chi connectivity index (χ0v) is 15.2. The molecule has 0 aromatic carbocycles. The summed E-state index contributed by atoms with van der Waals surface area (Å²) in [6.07, 6.45) is 3.62. The van der Waals surface area contributed by atoms with Crippen LogP contribution < -0.4 is 0 Å². The fraction of sp³-hybridized carbons (Fsp3) is 0.471. The number of rotatable bonds is 3. The summed E-state index contributed by atoms with van der Waals surface area (Å²) in [6, 6.07) is 0.999. The van der Waals surface area contributed by atoms with Crippen LogP contribution in [0, 0.1) is 13.8 Å². The van der Waals surface area contributed by atoms with Crippen molar-refractivity contribution in [2.24, 2.45) is 4.99 Å². The van der Waals surface area contributed by atoms with E-state index in [1.165, 1.54) is 9.80 Å². The molecule has 1 aromatic rings. The molecular weight excluding hydrogens is 320 g/mol. The summed E-state index contributed by atoms with van der Waals surface area (Å²) in [5.74, 6) is 0.781. The molecule has 0 saturated carbocycles. The Morgan fingerprint density at radius 2 is 2.04 bits per heavy atom. The van der Waals surface area contributed by atoms with Crippen molar-refractivity contribution >= 4 is 23.7 Å². The molecule has 1 unspecified atom stereocenters. The molecule has 3 amide bonds. The van der Waals surface area contributed by atoms with Gasteiger partial charge in [-0.2, -0.15) is 0 Å². The lowest BCUT2D eigenvalue weighted by Gasteiger charge is -2.33. The minimum atomic E-state index is -0.600. The average Bonchev–Trinajstić information content (AvgIpc) is 3.12. The van der Waals surface area contributed by atoms with Crippen molar-refractivity contribution in [1.29, 1.82) is 0 Å². The smallest absolute Gasteiger partial charge is 0.270 e. The maximum absolute atomic E-state index is 13.0. The second-order valence-corrected chi connectivity index (χ2v) is 6.16. The second kappa shape index (κ2) is 6.27. The standard InChI is InChI=1S/C17H23N6O2/c1-6-8-9-22-15(24)13-14(20(5)17(22)25)18-16(21(13)7-2)23-12(4)10-11(3)19-23/h6,8,10,13H,7,9H2,1-5H3/q+1/b8-6+. The lowest BCUT2D eigenvalue weighted by molar-refractivity contribution is -0.534. The largest absolute Gasteiger partial charge is 0.421 e. The molecule has 25 heavy (non-hydrogen) atoms. The van der Waals surface area contributed by atoms with E-state index in [1.54, 1.807) is 17.8 Å². The molecule has 3 rings (SSSR count). The molecule has 0 N–H and O–H groups in total. The molecular formula is C17H23N6O2+. The maximum atomic E-state index is 13.0. The lowest BCUT2D eigenvalue weighted by Crippen LogP contribution is -2.62. The van der Waals surface area contributed by atoms with Gasteiger partial charge in [0.25, 0.3) is 5.91 Å². The summed E-state index contributed by atoms with van der Waals surface area (Å²) < 4.78 is 3.62. The molecule has 0 spiro atoms. The minimum Gasteiger partial charge on any atom is -0.270 e. The number of urea groups is 1. The van der Waals surface area contributed by atoms with E-state index in [2.05, 4.69) is 10.1 Å². The van der Waals surface area contributed by atoms with Crippen LogP contribution in [0.15, 0.2) is 23.2 Å². The van der Waals surface area contributed by atoms with E-state index in [4.69, 9.17) is 0 Å². The highest BCUT2D eigenvalue weighted by Crippen LogP contribution is 2.21. The highest BCUT2D eigenvalue weighted by Gasteiger charge is 2.52. The molecule has 0 aliphatic carbocycles. The number of hydrogen-bond donors (Lipinski definition) is 0. The number of carbonyl (C=O) groups is 2. The Balaban J connectivity index is 2.10. The number of amides is 3. The Hall–Kier alpha value is -2.77. The van der Waals surface area contributed by atoms with Gasteiger partial charge in [-0.1, -0.05) is 17.1 Å². The highest BCUT2D eigenvalue weighted by molar-refractivity contribution is 6.23.